The maximum Gasteiger partial charge on any atom is 0.126 e. The molecular formula is C16H24O2. The predicted molar refractivity (Wildman–Crippen MR) is 77.0 cm³/mol. The molecule has 0 unspecified atom stereocenters. The fraction of sp³-hybridized carbons (Fsp3) is 0.500. The lowest BCUT2D eigenvalue weighted by Gasteiger charge is -2.10. The summed E-state index contributed by atoms with van der Waals surface area (Å²) in [6, 6.07) is 6.30. The first-order chi connectivity index (χ1) is 8.58. The highest BCUT2D eigenvalue weighted by Crippen LogP contribution is 2.25. The number of hydrogen-bond donors (Lipinski definition) is 1. The lowest BCUT2D eigenvalue weighted by Crippen LogP contribution is -1.97. The SMILES string of the molecule is COc1ccc(C(C)C)cc1/C=C/C[C@H](C)CO. The number of rotatable bonds is 6. The molecule has 0 aliphatic rings. The van der Waals surface area contributed by atoms with E-state index in [1.165, 1.54) is 5.56 Å². The van der Waals surface area contributed by atoms with Crippen LogP contribution in [0.4, 0.5) is 0 Å². The van der Waals surface area contributed by atoms with Crippen LogP contribution >= 0.6 is 0 Å². The van der Waals surface area contributed by atoms with Crippen LogP contribution < -0.4 is 4.74 Å². The third-order valence-electron chi connectivity index (χ3n) is 3.07. The van der Waals surface area contributed by atoms with Crippen molar-refractivity contribution in [3.63, 3.8) is 0 Å². The minimum absolute atomic E-state index is 0.230. The number of allylic oxidation sites excluding steroid dienone is 1. The van der Waals surface area contributed by atoms with Gasteiger partial charge in [-0.25, -0.2) is 0 Å². The zero-order chi connectivity index (χ0) is 13.5. The van der Waals surface area contributed by atoms with Gasteiger partial charge in [0.25, 0.3) is 0 Å². The molecule has 0 bridgehead atoms. The van der Waals surface area contributed by atoms with E-state index in [0.717, 1.165) is 17.7 Å². The van der Waals surface area contributed by atoms with Gasteiger partial charge < -0.3 is 9.84 Å². The Balaban J connectivity index is 2.87. The van der Waals surface area contributed by atoms with Crippen molar-refractivity contribution in [2.75, 3.05) is 13.7 Å². The highest BCUT2D eigenvalue weighted by molar-refractivity contribution is 5.58. The summed E-state index contributed by atoms with van der Waals surface area (Å²) in [6.07, 6.45) is 5.06. The lowest BCUT2D eigenvalue weighted by atomic mass is 9.99. The van der Waals surface area contributed by atoms with Gasteiger partial charge in [-0.15, -0.1) is 0 Å². The minimum Gasteiger partial charge on any atom is -0.496 e. The van der Waals surface area contributed by atoms with E-state index in [4.69, 9.17) is 9.84 Å². The molecule has 0 radical (unpaired) electrons. The van der Waals surface area contributed by atoms with Gasteiger partial charge in [-0.1, -0.05) is 39.0 Å². The van der Waals surface area contributed by atoms with Crippen molar-refractivity contribution >= 4 is 6.08 Å². The van der Waals surface area contributed by atoms with Crippen LogP contribution in [0, 0.1) is 5.92 Å². The largest absolute Gasteiger partial charge is 0.496 e. The summed E-state index contributed by atoms with van der Waals surface area (Å²) in [4.78, 5) is 0. The van der Waals surface area contributed by atoms with Gasteiger partial charge in [0.15, 0.2) is 0 Å². The van der Waals surface area contributed by atoms with Crippen LogP contribution in [0.15, 0.2) is 24.3 Å². The number of benzene rings is 1. The van der Waals surface area contributed by atoms with E-state index >= 15 is 0 Å². The highest BCUT2D eigenvalue weighted by Gasteiger charge is 2.04. The van der Waals surface area contributed by atoms with E-state index in [9.17, 15) is 0 Å². The average Bonchev–Trinajstić information content (AvgIpc) is 2.38. The Morgan fingerprint density at radius 3 is 2.56 bits per heavy atom. The van der Waals surface area contributed by atoms with Gasteiger partial charge in [0.05, 0.1) is 7.11 Å². The first kappa shape index (κ1) is 14.8. The maximum absolute atomic E-state index is 8.99. The van der Waals surface area contributed by atoms with Crippen LogP contribution in [0.1, 0.15) is 44.2 Å². The molecule has 0 saturated carbocycles. The molecule has 1 atom stereocenters. The van der Waals surface area contributed by atoms with Gasteiger partial charge in [-0.05, 0) is 36.0 Å². The van der Waals surface area contributed by atoms with Gasteiger partial charge >= 0.3 is 0 Å². The van der Waals surface area contributed by atoms with Crippen LogP contribution in [-0.2, 0) is 0 Å². The summed E-state index contributed by atoms with van der Waals surface area (Å²) in [5.41, 5.74) is 2.42. The molecule has 2 heteroatoms. The Labute approximate surface area is 110 Å². The second kappa shape index (κ2) is 7.22. The van der Waals surface area contributed by atoms with E-state index < -0.39 is 0 Å². The van der Waals surface area contributed by atoms with Crippen molar-refractivity contribution in [2.24, 2.45) is 5.92 Å². The summed E-state index contributed by atoms with van der Waals surface area (Å²) in [5.74, 6) is 1.72. The topological polar surface area (TPSA) is 29.5 Å². The number of hydrogen-bond acceptors (Lipinski definition) is 2. The monoisotopic (exact) mass is 248 g/mol. The molecule has 1 N–H and O–H groups in total. The van der Waals surface area contributed by atoms with Crippen LogP contribution in [0.25, 0.3) is 6.08 Å². The van der Waals surface area contributed by atoms with Gasteiger partial charge in [-0.3, -0.25) is 0 Å². The second-order valence-electron chi connectivity index (χ2n) is 5.08. The Morgan fingerprint density at radius 1 is 1.28 bits per heavy atom. The number of ether oxygens (including phenoxy) is 1. The number of aliphatic hydroxyl groups is 1. The average molecular weight is 248 g/mol. The predicted octanol–water partition coefficient (Wildman–Crippen LogP) is 3.85. The van der Waals surface area contributed by atoms with E-state index in [1.807, 2.05) is 13.0 Å². The molecule has 0 amide bonds. The molecule has 0 aliphatic heterocycles. The molecule has 0 spiro atoms. The molecule has 0 aromatic heterocycles. The van der Waals surface area contributed by atoms with Crippen molar-refractivity contribution in [1.82, 2.24) is 0 Å². The van der Waals surface area contributed by atoms with Crippen molar-refractivity contribution in [2.45, 2.75) is 33.1 Å². The normalized spacial score (nSPS) is 13.2. The number of aliphatic hydroxyl groups excluding tert-OH is 1. The van der Waals surface area contributed by atoms with Crippen molar-refractivity contribution in [3.8, 4) is 5.75 Å². The fourth-order valence-corrected chi connectivity index (χ4v) is 1.74. The lowest BCUT2D eigenvalue weighted by molar-refractivity contribution is 0.239. The summed E-state index contributed by atoms with van der Waals surface area (Å²) in [6.45, 7) is 6.63. The highest BCUT2D eigenvalue weighted by atomic mass is 16.5. The minimum atomic E-state index is 0.230. The van der Waals surface area contributed by atoms with Crippen molar-refractivity contribution in [3.05, 3.63) is 35.4 Å². The molecule has 100 valence electrons. The van der Waals surface area contributed by atoms with Gasteiger partial charge in [0.1, 0.15) is 5.75 Å². The van der Waals surface area contributed by atoms with E-state index in [-0.39, 0.29) is 6.61 Å². The summed E-state index contributed by atoms with van der Waals surface area (Å²) in [5, 5.41) is 8.99. The smallest absolute Gasteiger partial charge is 0.126 e. The Hall–Kier alpha value is -1.28. The summed E-state index contributed by atoms with van der Waals surface area (Å²) >= 11 is 0. The zero-order valence-corrected chi connectivity index (χ0v) is 11.8. The van der Waals surface area contributed by atoms with Gasteiger partial charge in [-0.2, -0.15) is 0 Å². The Kier molecular flexibility index (Phi) is 5.93. The molecule has 1 rings (SSSR count). The number of methoxy groups -OCH3 is 1. The van der Waals surface area contributed by atoms with E-state index in [1.54, 1.807) is 7.11 Å². The van der Waals surface area contributed by atoms with Crippen molar-refractivity contribution in [1.29, 1.82) is 0 Å². The van der Waals surface area contributed by atoms with E-state index in [2.05, 4.69) is 38.1 Å². The fourth-order valence-electron chi connectivity index (χ4n) is 1.74. The first-order valence-electron chi connectivity index (χ1n) is 6.53. The van der Waals surface area contributed by atoms with Crippen molar-refractivity contribution < 1.29 is 9.84 Å². The molecule has 1 aromatic carbocycles. The third-order valence-corrected chi connectivity index (χ3v) is 3.07. The molecule has 18 heavy (non-hydrogen) atoms. The van der Waals surface area contributed by atoms with Gasteiger partial charge in [0.2, 0.25) is 0 Å². The third kappa shape index (κ3) is 4.19. The standard InChI is InChI=1S/C16H24O2/c1-12(2)14-8-9-16(18-4)15(10-14)7-5-6-13(3)11-17/h5,7-10,12-13,17H,6,11H2,1-4H3/b7-5+/t13-/m0/s1. The Bertz CT molecular complexity index is 394. The molecular weight excluding hydrogens is 224 g/mol. The van der Waals surface area contributed by atoms with Crippen LogP contribution in [0.2, 0.25) is 0 Å². The maximum atomic E-state index is 8.99. The molecule has 2 nitrogen and oxygen atoms in total. The van der Waals surface area contributed by atoms with Crippen LogP contribution in [0.3, 0.4) is 0 Å². The molecule has 0 saturated heterocycles. The second-order valence-corrected chi connectivity index (χ2v) is 5.08. The van der Waals surface area contributed by atoms with Crippen LogP contribution in [-0.4, -0.2) is 18.8 Å². The summed E-state index contributed by atoms with van der Waals surface area (Å²) < 4.78 is 5.36. The zero-order valence-electron chi connectivity index (χ0n) is 11.8. The van der Waals surface area contributed by atoms with Crippen LogP contribution in [0.5, 0.6) is 5.75 Å². The quantitative estimate of drug-likeness (QED) is 0.828. The molecule has 0 aliphatic carbocycles. The Morgan fingerprint density at radius 2 is 2.00 bits per heavy atom. The van der Waals surface area contributed by atoms with E-state index in [0.29, 0.717) is 11.8 Å². The molecule has 0 heterocycles. The first-order valence-corrected chi connectivity index (χ1v) is 6.53. The van der Waals surface area contributed by atoms with Gasteiger partial charge in [0, 0.05) is 12.2 Å². The molecule has 0 fully saturated rings. The summed E-state index contributed by atoms with van der Waals surface area (Å²) in [7, 11) is 1.69. The molecule has 1 aromatic rings.